The first-order chi connectivity index (χ1) is 10.3. The van der Waals surface area contributed by atoms with Crippen molar-refractivity contribution >= 4 is 22.4 Å². The molecule has 1 aromatic heterocycles. The van der Waals surface area contributed by atoms with Crippen molar-refractivity contribution in [1.29, 1.82) is 0 Å². The second-order valence-corrected chi connectivity index (χ2v) is 5.86. The number of nitrogens with two attached hydrogens (primary N) is 1. The quantitative estimate of drug-likeness (QED) is 0.685. The first kappa shape index (κ1) is 14.7. The molecule has 0 radical (unpaired) electrons. The van der Waals surface area contributed by atoms with Gasteiger partial charge in [0.1, 0.15) is 12.0 Å². The van der Waals surface area contributed by atoms with Gasteiger partial charge in [0.15, 0.2) is 5.78 Å². The molecule has 0 unspecified atom stereocenters. The highest BCUT2D eigenvalue weighted by atomic mass is 19.1. The lowest BCUT2D eigenvalue weighted by molar-refractivity contribution is 0.101. The highest BCUT2D eigenvalue weighted by molar-refractivity contribution is 6.01. The van der Waals surface area contributed by atoms with Crippen LogP contribution in [0.2, 0.25) is 0 Å². The Morgan fingerprint density at radius 2 is 1.95 bits per heavy atom. The van der Waals surface area contributed by atoms with Crippen LogP contribution in [0.3, 0.4) is 0 Å². The Balaban J connectivity index is 2.56. The van der Waals surface area contributed by atoms with Gasteiger partial charge in [0.25, 0.3) is 0 Å². The lowest BCUT2D eigenvalue weighted by Gasteiger charge is -2.17. The van der Waals surface area contributed by atoms with Crippen molar-refractivity contribution in [3.63, 3.8) is 0 Å². The number of benzene rings is 1. The summed E-state index contributed by atoms with van der Waals surface area (Å²) in [6.45, 7) is 4.48. The van der Waals surface area contributed by atoms with Gasteiger partial charge in [-0.3, -0.25) is 9.59 Å². The van der Waals surface area contributed by atoms with Crippen molar-refractivity contribution in [3.05, 3.63) is 38.9 Å². The van der Waals surface area contributed by atoms with Crippen LogP contribution in [0.5, 0.6) is 0 Å². The molecule has 1 heterocycles. The van der Waals surface area contributed by atoms with Crippen molar-refractivity contribution in [3.8, 4) is 0 Å². The van der Waals surface area contributed by atoms with Crippen LogP contribution in [0.1, 0.15) is 40.9 Å². The lowest BCUT2D eigenvalue weighted by atomic mass is 9.99. The number of carbonyl (C=O) groups excluding carboxylic acids is 1. The Kier molecular flexibility index (Phi) is 3.09. The maximum absolute atomic E-state index is 14.2. The van der Waals surface area contributed by atoms with Crippen molar-refractivity contribution in [2.24, 2.45) is 0 Å². The van der Waals surface area contributed by atoms with E-state index in [1.54, 1.807) is 18.4 Å². The second-order valence-electron chi connectivity index (χ2n) is 5.86. The molecule has 1 aliphatic carbocycles. The third-order valence-corrected chi connectivity index (χ3v) is 4.41. The number of nitrogens with zero attached hydrogens (tertiary/aromatic N) is 1. The first-order valence-corrected chi connectivity index (χ1v) is 7.03. The summed E-state index contributed by atoms with van der Waals surface area (Å²) in [4.78, 5) is 24.2. The molecular formula is C16H16F2N2O2. The maximum Gasteiger partial charge on any atom is 0.202 e. The molecule has 4 nitrogen and oxygen atoms in total. The Labute approximate surface area is 125 Å². The van der Waals surface area contributed by atoms with E-state index in [0.717, 1.165) is 0 Å². The molecule has 1 aliphatic rings. The summed E-state index contributed by atoms with van der Waals surface area (Å²) in [5.74, 6) is -1.11. The van der Waals surface area contributed by atoms with E-state index in [4.69, 9.17) is 5.73 Å². The zero-order valence-corrected chi connectivity index (χ0v) is 12.5. The van der Waals surface area contributed by atoms with E-state index in [9.17, 15) is 18.4 Å². The number of Topliss-reactive ketones (excluding diaryl/α,β-unsaturated/α-hetero) is 1. The molecule has 3 rings (SSSR count). The minimum atomic E-state index is -1.03. The minimum Gasteiger partial charge on any atom is -0.396 e. The van der Waals surface area contributed by atoms with Crippen LogP contribution in [-0.4, -0.2) is 16.5 Å². The number of hydrogen-bond donors (Lipinski definition) is 1. The van der Waals surface area contributed by atoms with Gasteiger partial charge in [-0.2, -0.15) is 0 Å². The molecule has 2 aromatic rings. The van der Waals surface area contributed by atoms with Crippen LogP contribution in [0, 0.1) is 19.7 Å². The topological polar surface area (TPSA) is 65.1 Å². The Morgan fingerprint density at radius 1 is 1.36 bits per heavy atom. The van der Waals surface area contributed by atoms with Gasteiger partial charge < -0.3 is 10.3 Å². The summed E-state index contributed by atoms with van der Waals surface area (Å²) in [6.07, 6.45) is 0.656. The SMILES string of the molecule is CC(=O)c1cn([C@@H]2C[C@@H]2F)c2c(C)c(C)c(F)c(N)c2c1=O. The summed E-state index contributed by atoms with van der Waals surface area (Å²) in [5, 5.41) is -0.0348. The number of halogens is 2. The van der Waals surface area contributed by atoms with E-state index >= 15 is 0 Å². The molecule has 0 amide bonds. The van der Waals surface area contributed by atoms with Crippen molar-refractivity contribution in [2.75, 3.05) is 5.73 Å². The Hall–Kier alpha value is -2.24. The van der Waals surface area contributed by atoms with E-state index in [2.05, 4.69) is 0 Å². The third kappa shape index (κ3) is 1.86. The molecule has 22 heavy (non-hydrogen) atoms. The number of nitrogen functional groups attached to an aromatic ring is 1. The van der Waals surface area contributed by atoms with Crippen LogP contribution in [0.25, 0.3) is 10.9 Å². The molecule has 0 bridgehead atoms. The number of carbonyl (C=O) groups is 1. The van der Waals surface area contributed by atoms with Crippen molar-refractivity contribution < 1.29 is 13.6 Å². The number of alkyl halides is 1. The average molecular weight is 306 g/mol. The largest absolute Gasteiger partial charge is 0.396 e. The molecule has 2 atom stereocenters. The van der Waals surface area contributed by atoms with Crippen LogP contribution >= 0.6 is 0 Å². The van der Waals surface area contributed by atoms with Gasteiger partial charge in [0.2, 0.25) is 5.43 Å². The number of fused-ring (bicyclic) bond motifs is 1. The van der Waals surface area contributed by atoms with Gasteiger partial charge in [-0.1, -0.05) is 0 Å². The zero-order chi connectivity index (χ0) is 16.3. The molecule has 116 valence electrons. The molecule has 1 fully saturated rings. The number of aromatic nitrogens is 1. The van der Waals surface area contributed by atoms with E-state index in [-0.39, 0.29) is 16.6 Å². The van der Waals surface area contributed by atoms with Gasteiger partial charge in [-0.15, -0.1) is 0 Å². The summed E-state index contributed by atoms with van der Waals surface area (Å²) in [5.41, 5.74) is 6.08. The summed E-state index contributed by atoms with van der Waals surface area (Å²) >= 11 is 0. The standard InChI is InChI=1S/C16H16F2N2O2/c1-6-7(2)15-12(14(19)13(6)18)16(22)9(8(3)21)5-20(15)11-4-10(11)17/h5,10-11H,4,19H2,1-3H3/t10-,11+/m0/s1. The van der Waals surface area contributed by atoms with Gasteiger partial charge in [-0.25, -0.2) is 8.78 Å². The number of rotatable bonds is 2. The molecule has 6 heteroatoms. The van der Waals surface area contributed by atoms with E-state index in [1.807, 2.05) is 0 Å². The number of aryl methyl sites for hydroxylation is 1. The summed E-state index contributed by atoms with van der Waals surface area (Å²) in [7, 11) is 0. The third-order valence-electron chi connectivity index (χ3n) is 4.41. The predicted octanol–water partition coefficient (Wildman–Crippen LogP) is 2.83. The molecule has 2 N–H and O–H groups in total. The fourth-order valence-electron chi connectivity index (χ4n) is 2.87. The van der Waals surface area contributed by atoms with Gasteiger partial charge in [0.05, 0.1) is 28.2 Å². The Bertz CT molecular complexity index is 886. The van der Waals surface area contributed by atoms with Crippen LogP contribution in [0.4, 0.5) is 14.5 Å². The molecular weight excluding hydrogens is 290 g/mol. The lowest BCUT2D eigenvalue weighted by Crippen LogP contribution is -2.20. The van der Waals surface area contributed by atoms with E-state index in [0.29, 0.717) is 23.1 Å². The van der Waals surface area contributed by atoms with Crippen molar-refractivity contribution in [2.45, 2.75) is 39.4 Å². The molecule has 1 saturated carbocycles. The van der Waals surface area contributed by atoms with Gasteiger partial charge in [0, 0.05) is 12.6 Å². The van der Waals surface area contributed by atoms with E-state index in [1.165, 1.54) is 13.1 Å². The summed E-state index contributed by atoms with van der Waals surface area (Å²) < 4.78 is 29.3. The van der Waals surface area contributed by atoms with E-state index < -0.39 is 29.2 Å². The van der Waals surface area contributed by atoms with Crippen LogP contribution in [-0.2, 0) is 0 Å². The molecule has 1 aromatic carbocycles. The van der Waals surface area contributed by atoms with Gasteiger partial charge in [-0.05, 0) is 31.9 Å². The number of pyridine rings is 1. The fourth-order valence-corrected chi connectivity index (χ4v) is 2.87. The second kappa shape index (κ2) is 4.63. The minimum absolute atomic E-state index is 0.0348. The van der Waals surface area contributed by atoms with Crippen molar-refractivity contribution in [1.82, 2.24) is 4.57 Å². The molecule has 0 saturated heterocycles. The monoisotopic (exact) mass is 306 g/mol. The highest BCUT2D eigenvalue weighted by Gasteiger charge is 2.40. The smallest absolute Gasteiger partial charge is 0.202 e. The normalized spacial score (nSPS) is 20.4. The first-order valence-electron chi connectivity index (χ1n) is 7.03. The number of hydrogen-bond acceptors (Lipinski definition) is 3. The Morgan fingerprint density at radius 3 is 2.45 bits per heavy atom. The maximum atomic E-state index is 14.2. The molecule has 0 spiro atoms. The zero-order valence-electron chi connectivity index (χ0n) is 12.5. The number of ketones is 1. The summed E-state index contributed by atoms with van der Waals surface area (Å²) in [6, 6.07) is -0.441. The molecule has 0 aliphatic heterocycles. The predicted molar refractivity (Wildman–Crippen MR) is 80.6 cm³/mol. The highest BCUT2D eigenvalue weighted by Crippen LogP contribution is 2.42. The van der Waals surface area contributed by atoms with Crippen LogP contribution in [0.15, 0.2) is 11.0 Å². The van der Waals surface area contributed by atoms with Crippen LogP contribution < -0.4 is 11.2 Å². The number of anilines is 1. The average Bonchev–Trinajstić information content (AvgIpc) is 3.18. The van der Waals surface area contributed by atoms with Gasteiger partial charge >= 0.3 is 0 Å². The fraction of sp³-hybridized carbons (Fsp3) is 0.375.